The van der Waals surface area contributed by atoms with Crippen LogP contribution in [0.15, 0.2) is 23.1 Å². The molecule has 0 bridgehead atoms. The largest absolute Gasteiger partial charge is 0.192 e. The quantitative estimate of drug-likeness (QED) is 0.690. The Hall–Kier alpha value is -0.940. The SMILES string of the molecule is CCCc1cc(C#N)ccc1S. The molecule has 1 aromatic carbocycles. The lowest BCUT2D eigenvalue weighted by molar-refractivity contribution is 0.901. The highest BCUT2D eigenvalue weighted by Gasteiger charge is 1.98. The van der Waals surface area contributed by atoms with Gasteiger partial charge < -0.3 is 0 Å². The molecule has 0 aromatic heterocycles. The smallest absolute Gasteiger partial charge is 0.0991 e. The molecule has 2 heteroatoms. The molecule has 0 heterocycles. The number of hydrogen-bond donors (Lipinski definition) is 1. The van der Waals surface area contributed by atoms with Gasteiger partial charge in [-0.3, -0.25) is 0 Å². The first-order chi connectivity index (χ1) is 5.77. The summed E-state index contributed by atoms with van der Waals surface area (Å²) in [6, 6.07) is 7.70. The summed E-state index contributed by atoms with van der Waals surface area (Å²) in [4.78, 5) is 0.982. The van der Waals surface area contributed by atoms with Crippen molar-refractivity contribution >= 4 is 12.6 Å². The molecule has 0 aliphatic rings. The molecule has 0 N–H and O–H groups in total. The molecule has 1 rings (SSSR count). The number of nitriles is 1. The average Bonchev–Trinajstić information content (AvgIpc) is 2.09. The van der Waals surface area contributed by atoms with Gasteiger partial charge in [0.25, 0.3) is 0 Å². The number of thiol groups is 1. The van der Waals surface area contributed by atoms with Crippen LogP contribution in [0.5, 0.6) is 0 Å². The molecule has 1 nitrogen and oxygen atoms in total. The molecule has 0 unspecified atom stereocenters. The van der Waals surface area contributed by atoms with Crippen LogP contribution in [-0.4, -0.2) is 0 Å². The van der Waals surface area contributed by atoms with Crippen molar-refractivity contribution < 1.29 is 0 Å². The van der Waals surface area contributed by atoms with Gasteiger partial charge in [-0.1, -0.05) is 13.3 Å². The summed E-state index contributed by atoms with van der Waals surface area (Å²) in [5, 5.41) is 8.65. The highest BCUT2D eigenvalue weighted by atomic mass is 32.1. The van der Waals surface area contributed by atoms with Crippen LogP contribution in [0.2, 0.25) is 0 Å². The molecular formula is C10H11NS. The van der Waals surface area contributed by atoms with Crippen LogP contribution >= 0.6 is 12.6 Å². The lowest BCUT2D eigenvalue weighted by Gasteiger charge is -2.02. The summed E-state index contributed by atoms with van der Waals surface area (Å²) in [6.45, 7) is 2.12. The minimum atomic E-state index is 0.719. The first-order valence-corrected chi connectivity index (χ1v) is 4.44. The molecule has 0 aliphatic heterocycles. The third-order valence-electron chi connectivity index (χ3n) is 1.73. The number of benzene rings is 1. The first-order valence-electron chi connectivity index (χ1n) is 4.00. The van der Waals surface area contributed by atoms with Crippen molar-refractivity contribution in [2.45, 2.75) is 24.7 Å². The molecule has 0 amide bonds. The molecule has 0 aliphatic carbocycles. The number of hydrogen-bond acceptors (Lipinski definition) is 2. The lowest BCUT2D eigenvalue weighted by atomic mass is 10.1. The van der Waals surface area contributed by atoms with Gasteiger partial charge in [0.05, 0.1) is 11.6 Å². The third kappa shape index (κ3) is 2.02. The maximum atomic E-state index is 8.65. The Morgan fingerprint density at radius 2 is 2.25 bits per heavy atom. The average molecular weight is 177 g/mol. The topological polar surface area (TPSA) is 23.8 Å². The van der Waals surface area contributed by atoms with Gasteiger partial charge >= 0.3 is 0 Å². The zero-order valence-corrected chi connectivity index (χ0v) is 7.94. The second-order valence-corrected chi connectivity index (χ2v) is 3.19. The molecule has 1 aromatic rings. The first kappa shape index (κ1) is 9.15. The van der Waals surface area contributed by atoms with Crippen LogP contribution in [0.25, 0.3) is 0 Å². The van der Waals surface area contributed by atoms with Crippen molar-refractivity contribution in [2.75, 3.05) is 0 Å². The van der Waals surface area contributed by atoms with Crippen molar-refractivity contribution in [3.63, 3.8) is 0 Å². The van der Waals surface area contributed by atoms with E-state index in [0.29, 0.717) is 0 Å². The minimum absolute atomic E-state index is 0.719. The fourth-order valence-corrected chi connectivity index (χ4v) is 1.38. The molecule has 0 spiro atoms. The number of nitrogens with zero attached hydrogens (tertiary/aromatic N) is 1. The van der Waals surface area contributed by atoms with Gasteiger partial charge in [-0.05, 0) is 30.2 Å². The van der Waals surface area contributed by atoms with Gasteiger partial charge in [0.15, 0.2) is 0 Å². The Morgan fingerprint density at radius 1 is 1.50 bits per heavy atom. The van der Waals surface area contributed by atoms with E-state index in [9.17, 15) is 0 Å². The minimum Gasteiger partial charge on any atom is -0.192 e. The fourth-order valence-electron chi connectivity index (χ4n) is 1.12. The van der Waals surface area contributed by atoms with E-state index in [1.807, 2.05) is 12.1 Å². The van der Waals surface area contributed by atoms with Gasteiger partial charge in [0, 0.05) is 4.90 Å². The predicted octanol–water partition coefficient (Wildman–Crippen LogP) is 2.80. The van der Waals surface area contributed by atoms with Crippen molar-refractivity contribution in [1.29, 1.82) is 5.26 Å². The van der Waals surface area contributed by atoms with Crippen LogP contribution in [0.4, 0.5) is 0 Å². The van der Waals surface area contributed by atoms with E-state index < -0.39 is 0 Å². The Balaban J connectivity index is 3.01. The molecule has 0 atom stereocenters. The van der Waals surface area contributed by atoms with E-state index in [1.54, 1.807) is 6.07 Å². The standard InChI is InChI=1S/C10H11NS/c1-2-3-9-6-8(7-11)4-5-10(9)12/h4-6,12H,2-3H2,1H3. The molecule has 62 valence electrons. The Labute approximate surface area is 78.4 Å². The van der Waals surface area contributed by atoms with Gasteiger partial charge in [-0.15, -0.1) is 12.6 Å². The zero-order valence-electron chi connectivity index (χ0n) is 7.04. The number of rotatable bonds is 2. The van der Waals surface area contributed by atoms with Gasteiger partial charge in [0.2, 0.25) is 0 Å². The molecule has 0 saturated carbocycles. The highest BCUT2D eigenvalue weighted by molar-refractivity contribution is 7.80. The highest BCUT2D eigenvalue weighted by Crippen LogP contribution is 2.16. The Morgan fingerprint density at radius 3 is 2.83 bits per heavy atom. The normalized spacial score (nSPS) is 9.42. The van der Waals surface area contributed by atoms with Crippen molar-refractivity contribution in [3.05, 3.63) is 29.3 Å². The predicted molar refractivity (Wildman–Crippen MR) is 52.4 cm³/mol. The van der Waals surface area contributed by atoms with E-state index in [2.05, 4.69) is 25.6 Å². The van der Waals surface area contributed by atoms with Gasteiger partial charge in [0.1, 0.15) is 0 Å². The Bertz CT molecular complexity index is 312. The maximum Gasteiger partial charge on any atom is 0.0991 e. The summed E-state index contributed by atoms with van der Waals surface area (Å²) in [7, 11) is 0. The van der Waals surface area contributed by atoms with Crippen LogP contribution in [-0.2, 0) is 6.42 Å². The molecule has 0 fully saturated rings. The van der Waals surface area contributed by atoms with E-state index in [-0.39, 0.29) is 0 Å². The van der Waals surface area contributed by atoms with E-state index in [4.69, 9.17) is 5.26 Å². The second-order valence-electron chi connectivity index (χ2n) is 2.71. The van der Waals surface area contributed by atoms with Crippen molar-refractivity contribution in [2.24, 2.45) is 0 Å². The van der Waals surface area contributed by atoms with Crippen molar-refractivity contribution in [1.82, 2.24) is 0 Å². The van der Waals surface area contributed by atoms with E-state index in [0.717, 1.165) is 23.3 Å². The molecular weight excluding hydrogens is 166 g/mol. The second kappa shape index (κ2) is 4.18. The van der Waals surface area contributed by atoms with Crippen LogP contribution < -0.4 is 0 Å². The van der Waals surface area contributed by atoms with Crippen LogP contribution in [0.1, 0.15) is 24.5 Å². The molecule has 0 radical (unpaired) electrons. The number of aryl methyl sites for hydroxylation is 1. The third-order valence-corrected chi connectivity index (χ3v) is 2.16. The van der Waals surface area contributed by atoms with E-state index >= 15 is 0 Å². The van der Waals surface area contributed by atoms with Crippen LogP contribution in [0.3, 0.4) is 0 Å². The lowest BCUT2D eigenvalue weighted by Crippen LogP contribution is -1.87. The summed E-state index contributed by atoms with van der Waals surface area (Å²) < 4.78 is 0. The summed E-state index contributed by atoms with van der Waals surface area (Å²) in [6.07, 6.45) is 2.08. The van der Waals surface area contributed by atoms with Gasteiger partial charge in [-0.25, -0.2) is 0 Å². The monoisotopic (exact) mass is 177 g/mol. The maximum absolute atomic E-state index is 8.65. The van der Waals surface area contributed by atoms with E-state index in [1.165, 1.54) is 5.56 Å². The Kier molecular flexibility index (Phi) is 3.19. The van der Waals surface area contributed by atoms with Gasteiger partial charge in [-0.2, -0.15) is 5.26 Å². The summed E-state index contributed by atoms with van der Waals surface area (Å²) in [5.41, 5.74) is 1.89. The molecule has 0 saturated heterocycles. The summed E-state index contributed by atoms with van der Waals surface area (Å²) >= 11 is 4.31. The fraction of sp³-hybridized carbons (Fsp3) is 0.300. The van der Waals surface area contributed by atoms with Crippen LogP contribution in [0, 0.1) is 11.3 Å². The molecule has 12 heavy (non-hydrogen) atoms. The summed E-state index contributed by atoms with van der Waals surface area (Å²) in [5.74, 6) is 0. The zero-order chi connectivity index (χ0) is 8.97. The van der Waals surface area contributed by atoms with Crippen molar-refractivity contribution in [3.8, 4) is 6.07 Å².